The Morgan fingerprint density at radius 3 is 2.32 bits per heavy atom. The molecule has 0 aliphatic carbocycles. The van der Waals surface area contributed by atoms with Crippen LogP contribution in [0.4, 0.5) is 27.6 Å². The zero-order valence-corrected chi connectivity index (χ0v) is 10.1. The van der Waals surface area contributed by atoms with Gasteiger partial charge in [0.1, 0.15) is 4.90 Å². The second kappa shape index (κ2) is 5.29. The van der Waals surface area contributed by atoms with Crippen molar-refractivity contribution >= 4 is 15.7 Å². The van der Waals surface area contributed by atoms with Gasteiger partial charge in [0.15, 0.2) is 11.6 Å². The Bertz CT molecular complexity index is 571. The van der Waals surface area contributed by atoms with E-state index in [1.54, 1.807) is 0 Å². The molecular weight excluding hydrogens is 295 g/mol. The number of nitrogens with one attached hydrogen (secondary N) is 1. The number of halogens is 5. The van der Waals surface area contributed by atoms with Gasteiger partial charge in [0, 0.05) is 12.2 Å². The smallest absolute Gasteiger partial charge is 0.390 e. The highest BCUT2D eigenvalue weighted by Crippen LogP contribution is 2.22. The van der Waals surface area contributed by atoms with E-state index in [2.05, 4.69) is 0 Å². The minimum Gasteiger partial charge on any atom is -0.399 e. The van der Waals surface area contributed by atoms with Gasteiger partial charge in [-0.15, -0.1) is 0 Å². The number of sulfonamides is 1. The third kappa shape index (κ3) is 4.31. The maximum Gasteiger partial charge on any atom is 0.390 e. The fourth-order valence-corrected chi connectivity index (χ4v) is 2.34. The van der Waals surface area contributed by atoms with E-state index in [4.69, 9.17) is 5.73 Å². The molecule has 0 fully saturated rings. The number of nitrogen functional groups attached to an aromatic ring is 1. The molecule has 0 aliphatic heterocycles. The molecule has 19 heavy (non-hydrogen) atoms. The summed E-state index contributed by atoms with van der Waals surface area (Å²) < 4.78 is 86.3. The van der Waals surface area contributed by atoms with Crippen molar-refractivity contribution in [1.82, 2.24) is 4.72 Å². The SMILES string of the molecule is Nc1cc(F)c(F)c(S(=O)(=O)NCCC(F)(F)F)c1. The minimum atomic E-state index is -4.60. The van der Waals surface area contributed by atoms with Crippen LogP contribution in [-0.4, -0.2) is 21.1 Å². The fraction of sp³-hybridized carbons (Fsp3) is 0.333. The molecule has 1 rings (SSSR count). The summed E-state index contributed by atoms with van der Waals surface area (Å²) >= 11 is 0. The first-order valence-corrected chi connectivity index (χ1v) is 6.32. The molecule has 0 amide bonds. The average Bonchev–Trinajstić information content (AvgIpc) is 2.20. The number of benzene rings is 1. The molecule has 0 heterocycles. The van der Waals surface area contributed by atoms with Crippen LogP contribution in [0.5, 0.6) is 0 Å². The van der Waals surface area contributed by atoms with Crippen molar-refractivity contribution in [3.63, 3.8) is 0 Å². The quantitative estimate of drug-likeness (QED) is 0.658. The topological polar surface area (TPSA) is 72.2 Å². The Labute approximate surface area is 105 Å². The molecule has 0 radical (unpaired) electrons. The summed E-state index contributed by atoms with van der Waals surface area (Å²) in [5, 5.41) is 0. The highest BCUT2D eigenvalue weighted by molar-refractivity contribution is 7.89. The lowest BCUT2D eigenvalue weighted by molar-refractivity contribution is -0.132. The van der Waals surface area contributed by atoms with E-state index in [-0.39, 0.29) is 5.69 Å². The van der Waals surface area contributed by atoms with Gasteiger partial charge in [-0.3, -0.25) is 0 Å². The van der Waals surface area contributed by atoms with Crippen LogP contribution >= 0.6 is 0 Å². The molecule has 0 aromatic heterocycles. The molecule has 0 bridgehead atoms. The molecule has 0 saturated carbocycles. The van der Waals surface area contributed by atoms with Crippen LogP contribution in [0.2, 0.25) is 0 Å². The Hall–Kier alpha value is -1.42. The van der Waals surface area contributed by atoms with E-state index < -0.39 is 45.7 Å². The van der Waals surface area contributed by atoms with Gasteiger partial charge >= 0.3 is 6.18 Å². The van der Waals surface area contributed by atoms with E-state index in [9.17, 15) is 30.4 Å². The first kappa shape index (κ1) is 15.6. The molecule has 1 aromatic rings. The van der Waals surface area contributed by atoms with Gasteiger partial charge in [0.2, 0.25) is 10.0 Å². The Morgan fingerprint density at radius 1 is 1.21 bits per heavy atom. The van der Waals surface area contributed by atoms with Crippen LogP contribution in [0.25, 0.3) is 0 Å². The summed E-state index contributed by atoms with van der Waals surface area (Å²) in [5.74, 6) is -3.20. The molecule has 4 nitrogen and oxygen atoms in total. The number of alkyl halides is 3. The predicted octanol–water partition coefficient (Wildman–Crippen LogP) is 1.78. The molecule has 0 saturated heterocycles. The van der Waals surface area contributed by atoms with Crippen LogP contribution in [-0.2, 0) is 10.0 Å². The summed E-state index contributed by atoms with van der Waals surface area (Å²) in [6.45, 7) is -0.984. The molecular formula is C9H9F5N2O2S. The fourth-order valence-electron chi connectivity index (χ4n) is 1.18. The summed E-state index contributed by atoms with van der Waals surface area (Å²) in [5.41, 5.74) is 4.78. The maximum absolute atomic E-state index is 13.3. The van der Waals surface area contributed by atoms with Crippen molar-refractivity contribution in [1.29, 1.82) is 0 Å². The largest absolute Gasteiger partial charge is 0.399 e. The highest BCUT2D eigenvalue weighted by atomic mass is 32.2. The molecule has 0 atom stereocenters. The van der Waals surface area contributed by atoms with Crippen LogP contribution in [0.3, 0.4) is 0 Å². The summed E-state index contributed by atoms with van der Waals surface area (Å²) in [4.78, 5) is -1.13. The third-order valence-electron chi connectivity index (χ3n) is 2.01. The molecule has 10 heteroatoms. The summed E-state index contributed by atoms with van der Waals surface area (Å²) in [6, 6.07) is 1.18. The zero-order chi connectivity index (χ0) is 14.8. The van der Waals surface area contributed by atoms with Crippen LogP contribution in [0.1, 0.15) is 6.42 Å². The molecule has 0 aliphatic rings. The molecule has 0 spiro atoms. The van der Waals surface area contributed by atoms with Crippen molar-refractivity contribution in [3.05, 3.63) is 23.8 Å². The van der Waals surface area contributed by atoms with Crippen LogP contribution in [0, 0.1) is 11.6 Å². The molecule has 3 N–H and O–H groups in total. The second-order valence-electron chi connectivity index (χ2n) is 3.58. The van der Waals surface area contributed by atoms with Crippen molar-refractivity contribution in [2.45, 2.75) is 17.5 Å². The van der Waals surface area contributed by atoms with Gasteiger partial charge in [-0.05, 0) is 12.1 Å². The van der Waals surface area contributed by atoms with E-state index in [1.165, 1.54) is 4.72 Å². The maximum atomic E-state index is 13.3. The normalized spacial score (nSPS) is 12.7. The van der Waals surface area contributed by atoms with Gasteiger partial charge < -0.3 is 5.73 Å². The van der Waals surface area contributed by atoms with Gasteiger partial charge in [-0.2, -0.15) is 13.2 Å². The van der Waals surface area contributed by atoms with Crippen molar-refractivity contribution in [3.8, 4) is 0 Å². The highest BCUT2D eigenvalue weighted by Gasteiger charge is 2.28. The molecule has 0 unspecified atom stereocenters. The standard InChI is InChI=1S/C9H9F5N2O2S/c10-6-3-5(15)4-7(8(6)11)19(17,18)16-2-1-9(12,13)14/h3-4,16H,1-2,15H2. The number of hydrogen-bond acceptors (Lipinski definition) is 3. The third-order valence-corrected chi connectivity index (χ3v) is 3.47. The number of hydrogen-bond donors (Lipinski definition) is 2. The first-order valence-electron chi connectivity index (χ1n) is 4.84. The Balaban J connectivity index is 2.95. The zero-order valence-electron chi connectivity index (χ0n) is 9.26. The monoisotopic (exact) mass is 304 g/mol. The van der Waals surface area contributed by atoms with Crippen molar-refractivity contribution in [2.24, 2.45) is 0 Å². The van der Waals surface area contributed by atoms with Crippen LogP contribution < -0.4 is 10.5 Å². The van der Waals surface area contributed by atoms with E-state index >= 15 is 0 Å². The van der Waals surface area contributed by atoms with Gasteiger partial charge in [-0.25, -0.2) is 21.9 Å². The number of anilines is 1. The Kier molecular flexibility index (Phi) is 4.35. The first-order chi connectivity index (χ1) is 8.53. The Morgan fingerprint density at radius 2 is 1.79 bits per heavy atom. The summed E-state index contributed by atoms with van der Waals surface area (Å²) in [7, 11) is -4.60. The lowest BCUT2D eigenvalue weighted by Gasteiger charge is -2.10. The number of rotatable bonds is 4. The van der Waals surface area contributed by atoms with Crippen molar-refractivity contribution < 1.29 is 30.4 Å². The molecule has 108 valence electrons. The lowest BCUT2D eigenvalue weighted by atomic mass is 10.3. The lowest BCUT2D eigenvalue weighted by Crippen LogP contribution is -2.29. The predicted molar refractivity (Wildman–Crippen MR) is 56.6 cm³/mol. The minimum absolute atomic E-state index is 0.366. The van der Waals surface area contributed by atoms with E-state index in [1.807, 2.05) is 0 Å². The van der Waals surface area contributed by atoms with Gasteiger partial charge in [0.05, 0.1) is 6.42 Å². The van der Waals surface area contributed by atoms with E-state index in [0.29, 0.717) is 12.1 Å². The van der Waals surface area contributed by atoms with Crippen LogP contribution in [0.15, 0.2) is 17.0 Å². The summed E-state index contributed by atoms with van der Waals surface area (Å²) in [6.07, 6.45) is -6.00. The van der Waals surface area contributed by atoms with Crippen molar-refractivity contribution in [2.75, 3.05) is 12.3 Å². The number of nitrogens with two attached hydrogens (primary N) is 1. The van der Waals surface area contributed by atoms with Gasteiger partial charge in [-0.1, -0.05) is 0 Å². The van der Waals surface area contributed by atoms with Gasteiger partial charge in [0.25, 0.3) is 0 Å². The average molecular weight is 304 g/mol. The van der Waals surface area contributed by atoms with E-state index in [0.717, 1.165) is 0 Å². The molecule has 1 aromatic carbocycles. The second-order valence-corrected chi connectivity index (χ2v) is 5.31.